The first kappa shape index (κ1) is 13.5. The molecular formula is C15H18FN3. The summed E-state index contributed by atoms with van der Waals surface area (Å²) in [7, 11) is 3.99. The molecular weight excluding hydrogens is 241 g/mol. The summed E-state index contributed by atoms with van der Waals surface area (Å²) in [6.45, 7) is 0. The summed E-state index contributed by atoms with van der Waals surface area (Å²) in [5.74, 6) is 5.37. The summed E-state index contributed by atoms with van der Waals surface area (Å²) in [4.78, 5) is 2.03. The summed E-state index contributed by atoms with van der Waals surface area (Å²) in [6, 6.07) is 14.3. The molecule has 0 amide bonds. The zero-order chi connectivity index (χ0) is 13.8. The molecule has 1 unspecified atom stereocenters. The fourth-order valence-electron chi connectivity index (χ4n) is 2.01. The minimum Gasteiger partial charge on any atom is -0.378 e. The van der Waals surface area contributed by atoms with E-state index in [1.54, 1.807) is 12.1 Å². The van der Waals surface area contributed by atoms with Gasteiger partial charge in [0.15, 0.2) is 0 Å². The molecule has 1 atom stereocenters. The first-order valence-corrected chi connectivity index (χ1v) is 6.10. The van der Waals surface area contributed by atoms with Crippen LogP contribution in [0.1, 0.15) is 17.2 Å². The first-order valence-electron chi connectivity index (χ1n) is 6.10. The van der Waals surface area contributed by atoms with Gasteiger partial charge in [-0.1, -0.05) is 24.3 Å². The van der Waals surface area contributed by atoms with Crippen LogP contribution >= 0.6 is 0 Å². The molecule has 0 aliphatic rings. The number of hydrazine groups is 1. The maximum absolute atomic E-state index is 12.9. The average Bonchev–Trinajstić information content (AvgIpc) is 2.42. The second kappa shape index (κ2) is 5.82. The van der Waals surface area contributed by atoms with Crippen LogP contribution in [0, 0.1) is 5.82 Å². The van der Waals surface area contributed by atoms with Gasteiger partial charge in [-0.3, -0.25) is 5.84 Å². The van der Waals surface area contributed by atoms with E-state index in [9.17, 15) is 4.39 Å². The monoisotopic (exact) mass is 259 g/mol. The number of nitrogens with one attached hydrogen (secondary N) is 1. The normalized spacial score (nSPS) is 12.2. The molecule has 0 heterocycles. The Kier molecular flexibility index (Phi) is 4.14. The van der Waals surface area contributed by atoms with Crippen LogP contribution in [0.4, 0.5) is 10.1 Å². The van der Waals surface area contributed by atoms with Crippen molar-refractivity contribution >= 4 is 5.69 Å². The number of hydrogen-bond acceptors (Lipinski definition) is 3. The van der Waals surface area contributed by atoms with E-state index in [-0.39, 0.29) is 11.9 Å². The van der Waals surface area contributed by atoms with Gasteiger partial charge in [0.25, 0.3) is 0 Å². The maximum atomic E-state index is 12.9. The van der Waals surface area contributed by atoms with Crippen molar-refractivity contribution < 1.29 is 4.39 Å². The average molecular weight is 259 g/mol. The standard InChI is InChI=1S/C15H18FN3/c1-19(2)14-9-5-12(6-10-14)15(18-17)11-3-7-13(16)8-4-11/h3-10,15,18H,17H2,1-2H3. The van der Waals surface area contributed by atoms with Gasteiger partial charge in [-0.2, -0.15) is 0 Å². The molecule has 19 heavy (non-hydrogen) atoms. The molecule has 0 aliphatic carbocycles. The molecule has 0 saturated carbocycles. The van der Waals surface area contributed by atoms with Gasteiger partial charge in [0.2, 0.25) is 0 Å². The van der Waals surface area contributed by atoms with E-state index in [0.717, 1.165) is 16.8 Å². The number of anilines is 1. The molecule has 0 radical (unpaired) electrons. The Morgan fingerprint density at radius 3 is 1.84 bits per heavy atom. The van der Waals surface area contributed by atoms with Crippen LogP contribution in [-0.4, -0.2) is 14.1 Å². The summed E-state index contributed by atoms with van der Waals surface area (Å²) in [5.41, 5.74) is 5.86. The number of nitrogens with zero attached hydrogens (tertiary/aromatic N) is 1. The highest BCUT2D eigenvalue weighted by molar-refractivity contribution is 5.47. The predicted molar refractivity (Wildman–Crippen MR) is 76.3 cm³/mol. The van der Waals surface area contributed by atoms with E-state index in [2.05, 4.69) is 5.43 Å². The van der Waals surface area contributed by atoms with Crippen molar-refractivity contribution in [3.63, 3.8) is 0 Å². The van der Waals surface area contributed by atoms with E-state index in [1.165, 1.54) is 12.1 Å². The maximum Gasteiger partial charge on any atom is 0.123 e. The zero-order valence-electron chi connectivity index (χ0n) is 11.1. The van der Waals surface area contributed by atoms with E-state index in [4.69, 9.17) is 5.84 Å². The predicted octanol–water partition coefficient (Wildman–Crippen LogP) is 2.44. The van der Waals surface area contributed by atoms with Gasteiger partial charge in [-0.05, 0) is 35.4 Å². The minimum absolute atomic E-state index is 0.142. The summed E-state index contributed by atoms with van der Waals surface area (Å²) in [5, 5.41) is 0. The fourth-order valence-corrected chi connectivity index (χ4v) is 2.01. The quantitative estimate of drug-likeness (QED) is 0.654. The van der Waals surface area contributed by atoms with Crippen molar-refractivity contribution in [3.05, 3.63) is 65.5 Å². The van der Waals surface area contributed by atoms with Gasteiger partial charge in [0.05, 0.1) is 6.04 Å². The van der Waals surface area contributed by atoms with Gasteiger partial charge >= 0.3 is 0 Å². The van der Waals surface area contributed by atoms with Crippen LogP contribution in [0.5, 0.6) is 0 Å². The van der Waals surface area contributed by atoms with Gasteiger partial charge in [-0.15, -0.1) is 0 Å². The number of hydrogen-bond donors (Lipinski definition) is 2. The van der Waals surface area contributed by atoms with Crippen molar-refractivity contribution in [3.8, 4) is 0 Å². The largest absolute Gasteiger partial charge is 0.378 e. The molecule has 0 aromatic heterocycles. The third-order valence-corrected chi connectivity index (χ3v) is 3.11. The van der Waals surface area contributed by atoms with Gasteiger partial charge in [0, 0.05) is 19.8 Å². The minimum atomic E-state index is -0.248. The van der Waals surface area contributed by atoms with Crippen molar-refractivity contribution in [1.29, 1.82) is 0 Å². The van der Waals surface area contributed by atoms with Crippen LogP contribution in [0.2, 0.25) is 0 Å². The lowest BCUT2D eigenvalue weighted by atomic mass is 9.99. The molecule has 0 saturated heterocycles. The Morgan fingerprint density at radius 2 is 1.42 bits per heavy atom. The van der Waals surface area contributed by atoms with Crippen molar-refractivity contribution in [2.75, 3.05) is 19.0 Å². The Bertz CT molecular complexity index is 520. The van der Waals surface area contributed by atoms with E-state index in [1.807, 2.05) is 43.3 Å². The summed E-state index contributed by atoms with van der Waals surface area (Å²) >= 11 is 0. The van der Waals surface area contributed by atoms with E-state index in [0.29, 0.717) is 0 Å². The molecule has 3 N–H and O–H groups in total. The number of nitrogens with two attached hydrogens (primary N) is 1. The van der Waals surface area contributed by atoms with Gasteiger partial charge in [0.1, 0.15) is 5.82 Å². The van der Waals surface area contributed by atoms with Crippen molar-refractivity contribution in [2.45, 2.75) is 6.04 Å². The molecule has 0 fully saturated rings. The highest BCUT2D eigenvalue weighted by Gasteiger charge is 2.12. The van der Waals surface area contributed by atoms with Crippen molar-refractivity contribution in [1.82, 2.24) is 5.43 Å². The van der Waals surface area contributed by atoms with Gasteiger partial charge in [-0.25, -0.2) is 9.82 Å². The first-order chi connectivity index (χ1) is 9.11. The second-order valence-electron chi connectivity index (χ2n) is 4.64. The zero-order valence-corrected chi connectivity index (χ0v) is 11.1. The van der Waals surface area contributed by atoms with Crippen molar-refractivity contribution in [2.24, 2.45) is 5.84 Å². The molecule has 2 aromatic carbocycles. The van der Waals surface area contributed by atoms with Crippen LogP contribution in [0.3, 0.4) is 0 Å². The highest BCUT2D eigenvalue weighted by Crippen LogP contribution is 2.23. The van der Waals surface area contributed by atoms with Crippen LogP contribution < -0.4 is 16.2 Å². The molecule has 0 aliphatic heterocycles. The lowest BCUT2D eigenvalue weighted by Gasteiger charge is -2.19. The highest BCUT2D eigenvalue weighted by atomic mass is 19.1. The van der Waals surface area contributed by atoms with Gasteiger partial charge < -0.3 is 4.90 Å². The van der Waals surface area contributed by atoms with E-state index < -0.39 is 0 Å². The Hall–Kier alpha value is -1.91. The molecule has 0 spiro atoms. The Labute approximate surface area is 112 Å². The molecule has 100 valence electrons. The fraction of sp³-hybridized carbons (Fsp3) is 0.200. The molecule has 0 bridgehead atoms. The van der Waals surface area contributed by atoms with Crippen LogP contribution in [0.15, 0.2) is 48.5 Å². The Balaban J connectivity index is 2.28. The lowest BCUT2D eigenvalue weighted by molar-refractivity contribution is 0.615. The topological polar surface area (TPSA) is 41.3 Å². The Morgan fingerprint density at radius 1 is 0.947 bits per heavy atom. The summed E-state index contributed by atoms with van der Waals surface area (Å²) < 4.78 is 12.9. The molecule has 2 rings (SSSR count). The lowest BCUT2D eigenvalue weighted by Crippen LogP contribution is -2.28. The van der Waals surface area contributed by atoms with E-state index >= 15 is 0 Å². The number of benzene rings is 2. The summed E-state index contributed by atoms with van der Waals surface area (Å²) in [6.07, 6.45) is 0. The number of rotatable bonds is 4. The second-order valence-corrected chi connectivity index (χ2v) is 4.64. The molecule has 3 nitrogen and oxygen atoms in total. The third kappa shape index (κ3) is 3.10. The molecule has 4 heteroatoms. The van der Waals surface area contributed by atoms with Crippen LogP contribution in [0.25, 0.3) is 0 Å². The SMILES string of the molecule is CN(C)c1ccc(C(NN)c2ccc(F)cc2)cc1. The smallest absolute Gasteiger partial charge is 0.123 e. The molecule has 2 aromatic rings. The number of halogens is 1. The van der Waals surface area contributed by atoms with Crippen LogP contribution in [-0.2, 0) is 0 Å². The third-order valence-electron chi connectivity index (χ3n) is 3.11.